The summed E-state index contributed by atoms with van der Waals surface area (Å²) in [5.41, 5.74) is 0.939. The van der Waals surface area contributed by atoms with Crippen LogP contribution in [0.4, 0.5) is 5.69 Å². The van der Waals surface area contributed by atoms with Crippen molar-refractivity contribution < 1.29 is 14.3 Å². The molecule has 0 aliphatic heterocycles. The van der Waals surface area contributed by atoms with Gasteiger partial charge in [0, 0.05) is 31.9 Å². The van der Waals surface area contributed by atoms with Crippen molar-refractivity contribution >= 4 is 11.7 Å². The molecule has 0 amide bonds. The number of hydrogen-bond donors (Lipinski definition) is 0. The second kappa shape index (κ2) is 5.94. The average Bonchev–Trinajstić information content (AvgIpc) is 2.29. The Morgan fingerprint density at radius 2 is 2.00 bits per heavy atom. The van der Waals surface area contributed by atoms with Crippen LogP contribution in [0.3, 0.4) is 0 Å². The van der Waals surface area contributed by atoms with Crippen LogP contribution in [-0.4, -0.2) is 27.2 Å². The summed E-state index contributed by atoms with van der Waals surface area (Å²) in [6, 6.07) is 5.43. The lowest BCUT2D eigenvalue weighted by Crippen LogP contribution is -2.10. The molecule has 1 aromatic rings. The molecule has 0 spiro atoms. The Labute approximate surface area is 101 Å². The van der Waals surface area contributed by atoms with Gasteiger partial charge < -0.3 is 14.4 Å². The minimum atomic E-state index is -0.415. The molecule has 4 nitrogen and oxygen atoms in total. The fourth-order valence-electron chi connectivity index (χ4n) is 1.30. The molecule has 0 aliphatic rings. The Hall–Kier alpha value is -1.97. The zero-order valence-electron chi connectivity index (χ0n) is 10.6. The Morgan fingerprint density at radius 3 is 2.53 bits per heavy atom. The number of carbonyl (C=O) groups is 1. The highest BCUT2D eigenvalue weighted by Crippen LogP contribution is 2.31. The maximum Gasteiger partial charge on any atom is 0.335 e. The van der Waals surface area contributed by atoms with Crippen molar-refractivity contribution in [2.24, 2.45) is 0 Å². The molecule has 17 heavy (non-hydrogen) atoms. The highest BCUT2D eigenvalue weighted by Gasteiger charge is 2.09. The van der Waals surface area contributed by atoms with Crippen LogP contribution in [-0.2, 0) is 4.79 Å². The SMILES string of the molecule is C/C=C/C(=O)Oc1cc(N(C)C)ccc1OC. The molecule has 0 aromatic heterocycles. The Kier molecular flexibility index (Phi) is 4.57. The predicted molar refractivity (Wildman–Crippen MR) is 67.8 cm³/mol. The van der Waals surface area contributed by atoms with Gasteiger partial charge in [-0.05, 0) is 19.1 Å². The van der Waals surface area contributed by atoms with Gasteiger partial charge in [-0.1, -0.05) is 6.08 Å². The number of allylic oxidation sites excluding steroid dienone is 1. The van der Waals surface area contributed by atoms with E-state index in [-0.39, 0.29) is 0 Å². The molecule has 0 bridgehead atoms. The molecule has 92 valence electrons. The lowest BCUT2D eigenvalue weighted by molar-refractivity contribution is -0.129. The number of rotatable bonds is 4. The van der Waals surface area contributed by atoms with Crippen LogP contribution in [0.5, 0.6) is 11.5 Å². The lowest BCUT2D eigenvalue weighted by atomic mass is 10.2. The topological polar surface area (TPSA) is 38.8 Å². The first kappa shape index (κ1) is 13.1. The smallest absolute Gasteiger partial charge is 0.335 e. The highest BCUT2D eigenvalue weighted by atomic mass is 16.6. The molecular weight excluding hydrogens is 218 g/mol. The molecule has 4 heteroatoms. The molecule has 0 unspecified atom stereocenters. The van der Waals surface area contributed by atoms with E-state index in [0.717, 1.165) is 5.69 Å². The van der Waals surface area contributed by atoms with Crippen LogP contribution < -0.4 is 14.4 Å². The largest absolute Gasteiger partial charge is 0.493 e. The van der Waals surface area contributed by atoms with E-state index < -0.39 is 5.97 Å². The van der Waals surface area contributed by atoms with Gasteiger partial charge in [-0.15, -0.1) is 0 Å². The van der Waals surface area contributed by atoms with Gasteiger partial charge in [0.25, 0.3) is 0 Å². The Balaban J connectivity index is 3.01. The summed E-state index contributed by atoms with van der Waals surface area (Å²) in [5.74, 6) is 0.539. The molecule has 1 aromatic carbocycles. The van der Waals surface area contributed by atoms with Crippen molar-refractivity contribution in [3.05, 3.63) is 30.4 Å². The minimum absolute atomic E-state index is 0.415. The lowest BCUT2D eigenvalue weighted by Gasteiger charge is -2.15. The standard InChI is InChI=1S/C13H17NO3/c1-5-6-13(15)17-12-9-10(14(2)3)7-8-11(12)16-4/h5-9H,1-4H3/b6-5+. The summed E-state index contributed by atoms with van der Waals surface area (Å²) >= 11 is 0. The molecular formula is C13H17NO3. The fraction of sp³-hybridized carbons (Fsp3) is 0.308. The van der Waals surface area contributed by atoms with Crippen LogP contribution in [0, 0.1) is 0 Å². The van der Waals surface area contributed by atoms with Crippen molar-refractivity contribution in [2.45, 2.75) is 6.92 Å². The number of methoxy groups -OCH3 is 1. The normalized spacial score (nSPS) is 10.4. The van der Waals surface area contributed by atoms with E-state index in [1.807, 2.05) is 25.1 Å². The molecule has 1 rings (SSSR count). The van der Waals surface area contributed by atoms with Gasteiger partial charge in [-0.25, -0.2) is 4.79 Å². The van der Waals surface area contributed by atoms with E-state index in [1.165, 1.54) is 13.2 Å². The molecule has 0 fully saturated rings. The minimum Gasteiger partial charge on any atom is -0.493 e. The molecule has 0 radical (unpaired) electrons. The van der Waals surface area contributed by atoms with Gasteiger partial charge in [-0.3, -0.25) is 0 Å². The van der Waals surface area contributed by atoms with Crippen molar-refractivity contribution in [3.8, 4) is 11.5 Å². The van der Waals surface area contributed by atoms with Crippen molar-refractivity contribution in [1.29, 1.82) is 0 Å². The number of esters is 1. The van der Waals surface area contributed by atoms with E-state index in [0.29, 0.717) is 11.5 Å². The summed E-state index contributed by atoms with van der Waals surface area (Å²) in [4.78, 5) is 13.3. The van der Waals surface area contributed by atoms with Crippen LogP contribution in [0.1, 0.15) is 6.92 Å². The summed E-state index contributed by atoms with van der Waals surface area (Å²) in [5, 5.41) is 0. The van der Waals surface area contributed by atoms with Crippen LogP contribution in [0.25, 0.3) is 0 Å². The number of anilines is 1. The third-order valence-corrected chi connectivity index (χ3v) is 2.18. The van der Waals surface area contributed by atoms with Crippen molar-refractivity contribution in [1.82, 2.24) is 0 Å². The molecule has 0 N–H and O–H groups in total. The maximum absolute atomic E-state index is 11.4. The quantitative estimate of drug-likeness (QED) is 0.456. The predicted octanol–water partition coefficient (Wildman–Crippen LogP) is 2.24. The second-order valence-electron chi connectivity index (χ2n) is 3.65. The van der Waals surface area contributed by atoms with Crippen molar-refractivity contribution in [2.75, 3.05) is 26.1 Å². The van der Waals surface area contributed by atoms with E-state index in [1.54, 1.807) is 25.1 Å². The van der Waals surface area contributed by atoms with Gasteiger partial charge >= 0.3 is 5.97 Å². The van der Waals surface area contributed by atoms with E-state index in [2.05, 4.69) is 0 Å². The zero-order chi connectivity index (χ0) is 12.8. The number of nitrogens with zero attached hydrogens (tertiary/aromatic N) is 1. The number of ether oxygens (including phenoxy) is 2. The first-order valence-electron chi connectivity index (χ1n) is 5.28. The highest BCUT2D eigenvalue weighted by molar-refractivity contribution is 5.84. The Morgan fingerprint density at radius 1 is 1.29 bits per heavy atom. The molecule has 0 saturated carbocycles. The first-order valence-corrected chi connectivity index (χ1v) is 5.28. The van der Waals surface area contributed by atoms with E-state index >= 15 is 0 Å². The van der Waals surface area contributed by atoms with Crippen LogP contribution in [0.15, 0.2) is 30.4 Å². The average molecular weight is 235 g/mol. The maximum atomic E-state index is 11.4. The summed E-state index contributed by atoms with van der Waals surface area (Å²) in [7, 11) is 5.37. The van der Waals surface area contributed by atoms with Crippen LogP contribution in [0.2, 0.25) is 0 Å². The zero-order valence-corrected chi connectivity index (χ0v) is 10.6. The fourth-order valence-corrected chi connectivity index (χ4v) is 1.30. The molecule has 0 aliphatic carbocycles. The summed E-state index contributed by atoms with van der Waals surface area (Å²) < 4.78 is 10.3. The number of carbonyl (C=O) groups excluding carboxylic acids is 1. The third kappa shape index (κ3) is 3.52. The van der Waals surface area contributed by atoms with Gasteiger partial charge in [0.1, 0.15) is 0 Å². The molecule has 0 saturated heterocycles. The second-order valence-corrected chi connectivity index (χ2v) is 3.65. The first-order chi connectivity index (χ1) is 8.08. The Bertz CT molecular complexity index is 425. The van der Waals surface area contributed by atoms with Crippen LogP contribution >= 0.6 is 0 Å². The van der Waals surface area contributed by atoms with Gasteiger partial charge in [0.2, 0.25) is 0 Å². The van der Waals surface area contributed by atoms with E-state index in [4.69, 9.17) is 9.47 Å². The summed E-state index contributed by atoms with van der Waals surface area (Å²) in [6.07, 6.45) is 2.99. The van der Waals surface area contributed by atoms with Gasteiger partial charge in [-0.2, -0.15) is 0 Å². The number of benzene rings is 1. The van der Waals surface area contributed by atoms with Gasteiger partial charge in [0.05, 0.1) is 7.11 Å². The van der Waals surface area contributed by atoms with Crippen molar-refractivity contribution in [3.63, 3.8) is 0 Å². The summed E-state index contributed by atoms with van der Waals surface area (Å²) in [6.45, 7) is 1.76. The monoisotopic (exact) mass is 235 g/mol. The number of hydrogen-bond acceptors (Lipinski definition) is 4. The molecule has 0 atom stereocenters. The van der Waals surface area contributed by atoms with Gasteiger partial charge in [0.15, 0.2) is 11.5 Å². The van der Waals surface area contributed by atoms with E-state index in [9.17, 15) is 4.79 Å². The molecule has 0 heterocycles. The third-order valence-electron chi connectivity index (χ3n) is 2.18.